The van der Waals surface area contributed by atoms with Gasteiger partial charge in [-0.05, 0) is 26.0 Å². The van der Waals surface area contributed by atoms with E-state index in [4.69, 9.17) is 0 Å². The predicted octanol–water partition coefficient (Wildman–Crippen LogP) is 2.51. The summed E-state index contributed by atoms with van der Waals surface area (Å²) in [4.78, 5) is 15.4. The van der Waals surface area contributed by atoms with Gasteiger partial charge in [0.05, 0.1) is 4.75 Å². The molecular weight excluding hydrogens is 208 g/mol. The zero-order valence-electron chi connectivity index (χ0n) is 8.65. The maximum atomic E-state index is 11.4. The highest BCUT2D eigenvalue weighted by molar-refractivity contribution is 8.16. The van der Waals surface area contributed by atoms with E-state index >= 15 is 0 Å². The van der Waals surface area contributed by atoms with Crippen LogP contribution in [-0.2, 0) is 4.79 Å². The van der Waals surface area contributed by atoms with Gasteiger partial charge in [0, 0.05) is 5.69 Å². The molecule has 0 unspecified atom stereocenters. The van der Waals surface area contributed by atoms with Crippen molar-refractivity contribution in [1.82, 2.24) is 0 Å². The van der Waals surface area contributed by atoms with Crippen molar-refractivity contribution in [2.45, 2.75) is 18.6 Å². The minimum atomic E-state index is -0.433. The van der Waals surface area contributed by atoms with Crippen molar-refractivity contribution in [1.29, 1.82) is 0 Å². The molecule has 1 amide bonds. The number of amides is 1. The van der Waals surface area contributed by atoms with Crippen molar-refractivity contribution in [3.63, 3.8) is 0 Å². The van der Waals surface area contributed by atoms with E-state index < -0.39 is 4.75 Å². The quantitative estimate of drug-likeness (QED) is 0.790. The molecule has 0 bridgehead atoms. The van der Waals surface area contributed by atoms with Crippen molar-refractivity contribution in [3.8, 4) is 0 Å². The Morgan fingerprint density at radius 1 is 1.27 bits per heavy atom. The largest absolute Gasteiger partial charge is 0.335 e. The SMILES string of the molecule is CC1(C)SC(Nc2ccccc2)=NC1=O. The molecule has 1 heterocycles. The van der Waals surface area contributed by atoms with E-state index in [9.17, 15) is 4.79 Å². The van der Waals surface area contributed by atoms with Gasteiger partial charge in [-0.3, -0.25) is 4.79 Å². The number of para-hydroxylation sites is 1. The summed E-state index contributed by atoms with van der Waals surface area (Å²) >= 11 is 1.46. The molecule has 0 aromatic heterocycles. The normalized spacial score (nSPS) is 18.8. The molecule has 78 valence electrons. The summed E-state index contributed by atoms with van der Waals surface area (Å²) in [6.45, 7) is 3.76. The maximum absolute atomic E-state index is 11.4. The molecule has 1 N–H and O–H groups in total. The van der Waals surface area contributed by atoms with Gasteiger partial charge in [-0.15, -0.1) is 0 Å². The van der Waals surface area contributed by atoms with Crippen LogP contribution in [0.1, 0.15) is 13.8 Å². The van der Waals surface area contributed by atoms with Gasteiger partial charge in [0.2, 0.25) is 0 Å². The number of hydrogen-bond acceptors (Lipinski definition) is 3. The fourth-order valence-corrected chi connectivity index (χ4v) is 2.15. The van der Waals surface area contributed by atoms with Crippen LogP contribution < -0.4 is 5.32 Å². The number of anilines is 1. The number of rotatable bonds is 1. The Hall–Kier alpha value is -1.29. The lowest BCUT2D eigenvalue weighted by atomic mass is 10.2. The van der Waals surface area contributed by atoms with E-state index in [2.05, 4.69) is 10.3 Å². The number of carbonyl (C=O) groups is 1. The Morgan fingerprint density at radius 2 is 1.93 bits per heavy atom. The van der Waals surface area contributed by atoms with E-state index in [1.807, 2.05) is 44.2 Å². The third-order valence-electron chi connectivity index (χ3n) is 2.10. The highest BCUT2D eigenvalue weighted by atomic mass is 32.2. The molecular formula is C11H12N2OS. The second-order valence-electron chi connectivity index (χ2n) is 3.83. The fourth-order valence-electron chi connectivity index (χ4n) is 1.23. The van der Waals surface area contributed by atoms with E-state index in [1.165, 1.54) is 11.8 Å². The Bertz CT molecular complexity index is 412. The summed E-state index contributed by atoms with van der Waals surface area (Å²) in [7, 11) is 0. The molecule has 4 heteroatoms. The number of carbonyl (C=O) groups excluding carboxylic acids is 1. The van der Waals surface area contributed by atoms with Crippen molar-refractivity contribution in [2.75, 3.05) is 5.32 Å². The lowest BCUT2D eigenvalue weighted by Crippen LogP contribution is -2.21. The molecule has 0 spiro atoms. The molecule has 15 heavy (non-hydrogen) atoms. The van der Waals surface area contributed by atoms with Crippen LogP contribution in [0.25, 0.3) is 0 Å². The molecule has 1 aliphatic heterocycles. The number of nitrogens with zero attached hydrogens (tertiary/aromatic N) is 1. The molecule has 1 aliphatic rings. The van der Waals surface area contributed by atoms with Crippen LogP contribution in [0.4, 0.5) is 5.69 Å². The number of hydrogen-bond donors (Lipinski definition) is 1. The molecule has 0 saturated carbocycles. The maximum Gasteiger partial charge on any atom is 0.264 e. The lowest BCUT2D eigenvalue weighted by molar-refractivity contribution is -0.119. The molecule has 0 saturated heterocycles. The van der Waals surface area contributed by atoms with Crippen LogP contribution in [0.2, 0.25) is 0 Å². The van der Waals surface area contributed by atoms with Crippen molar-refractivity contribution < 1.29 is 4.79 Å². The molecule has 2 rings (SSSR count). The smallest absolute Gasteiger partial charge is 0.264 e. The van der Waals surface area contributed by atoms with Gasteiger partial charge < -0.3 is 5.32 Å². The first-order valence-corrected chi connectivity index (χ1v) is 5.54. The molecule has 1 aromatic rings. The Kier molecular flexibility index (Phi) is 2.52. The first-order valence-electron chi connectivity index (χ1n) is 4.72. The molecule has 0 aliphatic carbocycles. The predicted molar refractivity (Wildman–Crippen MR) is 64.2 cm³/mol. The number of nitrogens with one attached hydrogen (secondary N) is 1. The van der Waals surface area contributed by atoms with Gasteiger partial charge in [0.25, 0.3) is 5.91 Å². The Balaban J connectivity index is 2.10. The van der Waals surface area contributed by atoms with Crippen LogP contribution in [0.3, 0.4) is 0 Å². The second kappa shape index (κ2) is 3.70. The van der Waals surface area contributed by atoms with Crippen LogP contribution in [0, 0.1) is 0 Å². The monoisotopic (exact) mass is 220 g/mol. The zero-order chi connectivity index (χ0) is 10.9. The van der Waals surface area contributed by atoms with Crippen molar-refractivity contribution in [3.05, 3.63) is 30.3 Å². The zero-order valence-corrected chi connectivity index (χ0v) is 9.47. The number of aliphatic imine (C=N–C) groups is 1. The van der Waals surface area contributed by atoms with E-state index in [-0.39, 0.29) is 5.91 Å². The van der Waals surface area contributed by atoms with E-state index in [0.717, 1.165) is 5.69 Å². The first kappa shape index (κ1) is 10.2. The summed E-state index contributed by atoms with van der Waals surface area (Å²) in [5, 5.41) is 3.80. The topological polar surface area (TPSA) is 41.5 Å². The second-order valence-corrected chi connectivity index (χ2v) is 5.44. The average Bonchev–Trinajstić information content (AvgIpc) is 2.42. The number of thioether (sulfide) groups is 1. The third kappa shape index (κ3) is 2.21. The number of benzene rings is 1. The van der Waals surface area contributed by atoms with Crippen molar-refractivity contribution >= 4 is 28.5 Å². The highest BCUT2D eigenvalue weighted by Crippen LogP contribution is 2.33. The van der Waals surface area contributed by atoms with E-state index in [0.29, 0.717) is 5.17 Å². The summed E-state index contributed by atoms with van der Waals surface area (Å²) in [6, 6.07) is 9.71. The first-order chi connectivity index (χ1) is 7.08. The van der Waals surface area contributed by atoms with Crippen LogP contribution in [0.5, 0.6) is 0 Å². The summed E-state index contributed by atoms with van der Waals surface area (Å²) in [5.41, 5.74) is 0.953. The standard InChI is InChI=1S/C11H12N2OS/c1-11(2)9(14)13-10(15-11)12-8-6-4-3-5-7-8/h3-7H,1-2H3,(H,12,13,14). The minimum Gasteiger partial charge on any atom is -0.335 e. The number of amidine groups is 1. The van der Waals surface area contributed by atoms with Crippen LogP contribution >= 0.6 is 11.8 Å². The van der Waals surface area contributed by atoms with Gasteiger partial charge in [0.15, 0.2) is 5.17 Å². The molecule has 0 fully saturated rings. The Labute approximate surface area is 93.0 Å². The summed E-state index contributed by atoms with van der Waals surface area (Å²) in [5.74, 6) is -0.0778. The van der Waals surface area contributed by atoms with Crippen molar-refractivity contribution in [2.24, 2.45) is 4.99 Å². The van der Waals surface area contributed by atoms with Crippen LogP contribution in [0.15, 0.2) is 35.3 Å². The van der Waals surface area contributed by atoms with Gasteiger partial charge in [-0.25, -0.2) is 0 Å². The van der Waals surface area contributed by atoms with Gasteiger partial charge in [-0.2, -0.15) is 4.99 Å². The minimum absolute atomic E-state index is 0.0778. The molecule has 0 radical (unpaired) electrons. The Morgan fingerprint density at radius 3 is 2.47 bits per heavy atom. The molecule has 0 atom stereocenters. The highest BCUT2D eigenvalue weighted by Gasteiger charge is 2.36. The van der Waals surface area contributed by atoms with Gasteiger partial charge in [-0.1, -0.05) is 30.0 Å². The molecule has 3 nitrogen and oxygen atoms in total. The van der Waals surface area contributed by atoms with Gasteiger partial charge in [0.1, 0.15) is 0 Å². The third-order valence-corrected chi connectivity index (χ3v) is 3.17. The lowest BCUT2D eigenvalue weighted by Gasteiger charge is -2.12. The summed E-state index contributed by atoms with van der Waals surface area (Å²) in [6.07, 6.45) is 0. The molecule has 1 aromatic carbocycles. The fraction of sp³-hybridized carbons (Fsp3) is 0.273. The average molecular weight is 220 g/mol. The summed E-state index contributed by atoms with van der Waals surface area (Å²) < 4.78 is -0.433. The van der Waals surface area contributed by atoms with Crippen LogP contribution in [-0.4, -0.2) is 15.8 Å². The van der Waals surface area contributed by atoms with E-state index in [1.54, 1.807) is 0 Å². The van der Waals surface area contributed by atoms with Gasteiger partial charge >= 0.3 is 0 Å².